The number of carbonyl (C=O) groups is 1. The smallest absolute Gasteiger partial charge is 0.220 e. The van der Waals surface area contributed by atoms with E-state index in [2.05, 4.69) is 45.1 Å². The van der Waals surface area contributed by atoms with E-state index in [1.165, 1.54) is 0 Å². The molecule has 1 aromatic rings. The maximum absolute atomic E-state index is 12.1. The number of phenols is 1. The van der Waals surface area contributed by atoms with E-state index in [0.29, 0.717) is 24.0 Å². The van der Waals surface area contributed by atoms with Crippen LogP contribution in [-0.2, 0) is 24.1 Å². The highest BCUT2D eigenvalue weighted by Gasteiger charge is 2.13. The van der Waals surface area contributed by atoms with Gasteiger partial charge < -0.3 is 16.2 Å². The zero-order chi connectivity index (χ0) is 20.2. The van der Waals surface area contributed by atoms with Crippen LogP contribution in [0, 0.1) is 11.8 Å². The largest absolute Gasteiger partial charge is 0.507 e. The fourth-order valence-electron chi connectivity index (χ4n) is 3.36. The van der Waals surface area contributed by atoms with E-state index >= 15 is 0 Å². The average molecular weight is 377 g/mol. The summed E-state index contributed by atoms with van der Waals surface area (Å²) >= 11 is 0. The lowest BCUT2D eigenvalue weighted by Crippen LogP contribution is -2.24. The van der Waals surface area contributed by atoms with Gasteiger partial charge in [-0.15, -0.1) is 0 Å². The summed E-state index contributed by atoms with van der Waals surface area (Å²) in [6.45, 7) is 10.1. The molecule has 0 unspecified atom stereocenters. The summed E-state index contributed by atoms with van der Waals surface area (Å²) in [4.78, 5) is 12.1. The first-order valence-corrected chi connectivity index (χ1v) is 10.6. The first kappa shape index (κ1) is 23.5. The SMILES string of the molecule is CC(C)Cc1cc(CCC(=O)NCCCCCCN)cc(CC(C)C)c1O. The fourth-order valence-corrected chi connectivity index (χ4v) is 3.36. The molecule has 1 rings (SSSR count). The molecule has 0 saturated heterocycles. The molecule has 27 heavy (non-hydrogen) atoms. The van der Waals surface area contributed by atoms with Gasteiger partial charge >= 0.3 is 0 Å². The second-order valence-electron chi connectivity index (χ2n) is 8.51. The van der Waals surface area contributed by atoms with Gasteiger partial charge in [-0.3, -0.25) is 4.79 Å². The summed E-state index contributed by atoms with van der Waals surface area (Å²) in [6.07, 6.45) is 7.27. The van der Waals surface area contributed by atoms with Crippen molar-refractivity contribution in [2.24, 2.45) is 17.6 Å². The van der Waals surface area contributed by atoms with Crippen molar-refractivity contribution in [1.29, 1.82) is 0 Å². The number of hydrogen-bond acceptors (Lipinski definition) is 3. The minimum Gasteiger partial charge on any atom is -0.507 e. The number of carbonyl (C=O) groups excluding carboxylic acids is 1. The van der Waals surface area contributed by atoms with E-state index in [-0.39, 0.29) is 5.91 Å². The molecule has 4 heteroatoms. The van der Waals surface area contributed by atoms with E-state index in [4.69, 9.17) is 5.73 Å². The number of hydrogen-bond donors (Lipinski definition) is 3. The van der Waals surface area contributed by atoms with Crippen molar-refractivity contribution in [3.8, 4) is 5.75 Å². The van der Waals surface area contributed by atoms with E-state index in [9.17, 15) is 9.90 Å². The van der Waals surface area contributed by atoms with Crippen LogP contribution in [0.1, 0.15) is 76.5 Å². The van der Waals surface area contributed by atoms with Crippen molar-refractivity contribution in [2.75, 3.05) is 13.1 Å². The van der Waals surface area contributed by atoms with E-state index in [0.717, 1.165) is 74.7 Å². The van der Waals surface area contributed by atoms with Crippen LogP contribution in [-0.4, -0.2) is 24.1 Å². The highest BCUT2D eigenvalue weighted by Crippen LogP contribution is 2.29. The molecular weight excluding hydrogens is 336 g/mol. The van der Waals surface area contributed by atoms with Gasteiger partial charge in [0, 0.05) is 13.0 Å². The number of nitrogens with one attached hydrogen (secondary N) is 1. The van der Waals surface area contributed by atoms with Crippen LogP contribution in [0.25, 0.3) is 0 Å². The Balaban J connectivity index is 2.61. The molecule has 0 saturated carbocycles. The normalized spacial score (nSPS) is 11.4. The average Bonchev–Trinajstić information content (AvgIpc) is 2.59. The van der Waals surface area contributed by atoms with Crippen molar-refractivity contribution in [1.82, 2.24) is 5.32 Å². The van der Waals surface area contributed by atoms with Gasteiger partial charge in [-0.2, -0.15) is 0 Å². The van der Waals surface area contributed by atoms with Gasteiger partial charge in [-0.1, -0.05) is 52.7 Å². The summed E-state index contributed by atoms with van der Waals surface area (Å²) < 4.78 is 0. The summed E-state index contributed by atoms with van der Waals surface area (Å²) in [6, 6.07) is 4.17. The number of rotatable bonds is 13. The first-order valence-electron chi connectivity index (χ1n) is 10.6. The summed E-state index contributed by atoms with van der Waals surface area (Å²) in [7, 11) is 0. The fraction of sp³-hybridized carbons (Fsp3) is 0.696. The highest BCUT2D eigenvalue weighted by atomic mass is 16.3. The van der Waals surface area contributed by atoms with Crippen LogP contribution < -0.4 is 11.1 Å². The molecule has 0 aliphatic rings. The quantitative estimate of drug-likeness (QED) is 0.448. The molecule has 0 atom stereocenters. The Labute approximate surface area is 165 Å². The molecule has 0 bridgehead atoms. The van der Waals surface area contributed by atoms with E-state index in [1.807, 2.05) is 0 Å². The molecule has 1 aromatic carbocycles. The van der Waals surface area contributed by atoms with Gasteiger partial charge in [-0.05, 0) is 67.2 Å². The number of benzene rings is 1. The molecule has 154 valence electrons. The zero-order valence-electron chi connectivity index (χ0n) is 17.8. The maximum Gasteiger partial charge on any atom is 0.220 e. The number of phenolic OH excluding ortho intramolecular Hbond substituents is 1. The topological polar surface area (TPSA) is 75.4 Å². The van der Waals surface area contributed by atoms with Crippen LogP contribution in [0.5, 0.6) is 5.75 Å². The van der Waals surface area contributed by atoms with Crippen molar-refractivity contribution in [3.63, 3.8) is 0 Å². The minimum atomic E-state index is 0.109. The molecule has 0 aliphatic carbocycles. The van der Waals surface area contributed by atoms with E-state index in [1.54, 1.807) is 0 Å². The standard InChI is InChI=1S/C23H40N2O2/c1-17(2)13-20-15-19(16-21(23(20)27)14-18(3)4)9-10-22(26)25-12-8-6-5-7-11-24/h15-18,27H,5-14,24H2,1-4H3,(H,25,26). The number of unbranched alkanes of at least 4 members (excludes halogenated alkanes) is 3. The Morgan fingerprint density at radius 1 is 1.00 bits per heavy atom. The predicted octanol–water partition coefficient (Wildman–Crippen LogP) is 4.36. The van der Waals surface area contributed by atoms with Gasteiger partial charge in [-0.25, -0.2) is 0 Å². The summed E-state index contributed by atoms with van der Waals surface area (Å²) in [5, 5.41) is 13.6. The highest BCUT2D eigenvalue weighted by molar-refractivity contribution is 5.76. The van der Waals surface area contributed by atoms with Crippen molar-refractivity contribution in [3.05, 3.63) is 28.8 Å². The molecule has 0 heterocycles. The van der Waals surface area contributed by atoms with Crippen molar-refractivity contribution < 1.29 is 9.90 Å². The third-order valence-electron chi connectivity index (χ3n) is 4.68. The van der Waals surface area contributed by atoms with Crippen LogP contribution in [0.2, 0.25) is 0 Å². The molecule has 0 aromatic heterocycles. The zero-order valence-corrected chi connectivity index (χ0v) is 17.8. The predicted molar refractivity (Wildman–Crippen MR) is 114 cm³/mol. The Bertz CT molecular complexity index is 536. The van der Waals surface area contributed by atoms with Crippen LogP contribution >= 0.6 is 0 Å². The van der Waals surface area contributed by atoms with Crippen LogP contribution in [0.4, 0.5) is 0 Å². The van der Waals surface area contributed by atoms with Gasteiger partial charge in [0.2, 0.25) is 5.91 Å². The lowest BCUT2D eigenvalue weighted by Gasteiger charge is -2.16. The minimum absolute atomic E-state index is 0.109. The maximum atomic E-state index is 12.1. The van der Waals surface area contributed by atoms with Crippen LogP contribution in [0.3, 0.4) is 0 Å². The third kappa shape index (κ3) is 9.81. The number of aryl methyl sites for hydroxylation is 1. The van der Waals surface area contributed by atoms with Gasteiger partial charge in [0.15, 0.2) is 0 Å². The van der Waals surface area contributed by atoms with Crippen molar-refractivity contribution >= 4 is 5.91 Å². The van der Waals surface area contributed by atoms with Crippen LogP contribution in [0.15, 0.2) is 12.1 Å². The first-order chi connectivity index (χ1) is 12.8. The Morgan fingerprint density at radius 2 is 1.56 bits per heavy atom. The van der Waals surface area contributed by atoms with Gasteiger partial charge in [0.1, 0.15) is 5.75 Å². The molecule has 0 aliphatic heterocycles. The Morgan fingerprint density at radius 3 is 2.07 bits per heavy atom. The summed E-state index contributed by atoms with van der Waals surface area (Å²) in [5.74, 6) is 1.53. The molecular formula is C23H40N2O2. The number of amides is 1. The summed E-state index contributed by atoms with van der Waals surface area (Å²) in [5.41, 5.74) is 8.66. The molecule has 0 radical (unpaired) electrons. The molecule has 4 N–H and O–H groups in total. The second kappa shape index (κ2) is 12.8. The Hall–Kier alpha value is -1.55. The van der Waals surface area contributed by atoms with Gasteiger partial charge in [0.25, 0.3) is 0 Å². The molecule has 0 spiro atoms. The van der Waals surface area contributed by atoms with Gasteiger partial charge in [0.05, 0.1) is 0 Å². The Kier molecular flexibility index (Phi) is 11.1. The third-order valence-corrected chi connectivity index (χ3v) is 4.68. The van der Waals surface area contributed by atoms with Crippen molar-refractivity contribution in [2.45, 2.75) is 79.1 Å². The monoisotopic (exact) mass is 376 g/mol. The molecule has 0 fully saturated rings. The molecule has 4 nitrogen and oxygen atoms in total. The lowest BCUT2D eigenvalue weighted by molar-refractivity contribution is -0.121. The number of aromatic hydroxyl groups is 1. The molecule has 1 amide bonds. The second-order valence-corrected chi connectivity index (χ2v) is 8.51. The van der Waals surface area contributed by atoms with E-state index < -0.39 is 0 Å². The number of nitrogens with two attached hydrogens (primary N) is 1. The lowest BCUT2D eigenvalue weighted by atomic mass is 9.92.